The Labute approximate surface area is 171 Å². The molecule has 4 atom stereocenters. The SMILES string of the molecule is C=C1CC(O)[C@H](/C=C/CC(O)C2(C)CCC2)C1SCc1ccc(C(=O)O)cc1. The second-order valence-electron chi connectivity index (χ2n) is 8.43. The third kappa shape index (κ3) is 4.70. The van der Waals surface area contributed by atoms with Crippen LogP contribution in [0, 0.1) is 11.3 Å². The molecule has 3 rings (SSSR count). The van der Waals surface area contributed by atoms with Crippen LogP contribution in [0.15, 0.2) is 48.6 Å². The molecule has 4 nitrogen and oxygen atoms in total. The molecule has 3 N–H and O–H groups in total. The normalized spacial score (nSPS) is 27.7. The van der Waals surface area contributed by atoms with E-state index < -0.39 is 12.1 Å². The molecule has 2 aliphatic rings. The molecular formula is C23H30O4S. The van der Waals surface area contributed by atoms with E-state index >= 15 is 0 Å². The number of benzene rings is 1. The fourth-order valence-electron chi connectivity index (χ4n) is 4.10. The number of thioether (sulfide) groups is 1. The van der Waals surface area contributed by atoms with Crippen molar-refractivity contribution in [2.45, 2.75) is 62.2 Å². The fourth-order valence-corrected chi connectivity index (χ4v) is 5.49. The number of carbonyl (C=O) groups is 1. The van der Waals surface area contributed by atoms with Gasteiger partial charge in [-0.1, -0.05) is 49.8 Å². The largest absolute Gasteiger partial charge is 0.478 e. The summed E-state index contributed by atoms with van der Waals surface area (Å²) < 4.78 is 0. The van der Waals surface area contributed by atoms with Crippen LogP contribution in [0.2, 0.25) is 0 Å². The van der Waals surface area contributed by atoms with Gasteiger partial charge in [-0.05, 0) is 48.8 Å². The molecule has 3 unspecified atom stereocenters. The van der Waals surface area contributed by atoms with Crippen molar-refractivity contribution in [3.8, 4) is 0 Å². The van der Waals surface area contributed by atoms with Gasteiger partial charge in [0.15, 0.2) is 0 Å². The molecule has 0 radical (unpaired) electrons. The van der Waals surface area contributed by atoms with Gasteiger partial charge in [0.1, 0.15) is 0 Å². The minimum Gasteiger partial charge on any atom is -0.478 e. The summed E-state index contributed by atoms with van der Waals surface area (Å²) in [6.07, 6.45) is 7.92. The lowest BCUT2D eigenvalue weighted by molar-refractivity contribution is -0.0177. The van der Waals surface area contributed by atoms with Gasteiger partial charge in [-0.2, -0.15) is 0 Å². The molecule has 152 valence electrons. The van der Waals surface area contributed by atoms with Crippen LogP contribution in [0.25, 0.3) is 0 Å². The van der Waals surface area contributed by atoms with Crippen LogP contribution in [0.1, 0.15) is 54.9 Å². The van der Waals surface area contributed by atoms with Crippen molar-refractivity contribution in [3.05, 3.63) is 59.7 Å². The molecule has 2 fully saturated rings. The predicted molar refractivity (Wildman–Crippen MR) is 113 cm³/mol. The van der Waals surface area contributed by atoms with Gasteiger partial charge in [0.2, 0.25) is 0 Å². The van der Waals surface area contributed by atoms with E-state index in [1.54, 1.807) is 23.9 Å². The van der Waals surface area contributed by atoms with Gasteiger partial charge in [0.05, 0.1) is 17.8 Å². The first-order valence-corrected chi connectivity index (χ1v) is 11.0. The highest BCUT2D eigenvalue weighted by Crippen LogP contribution is 2.45. The second-order valence-corrected chi connectivity index (χ2v) is 9.56. The zero-order valence-electron chi connectivity index (χ0n) is 16.4. The number of aromatic carboxylic acids is 1. The number of aliphatic hydroxyl groups is 2. The van der Waals surface area contributed by atoms with Gasteiger partial charge < -0.3 is 15.3 Å². The fraction of sp³-hybridized carbons (Fsp3) is 0.522. The molecule has 28 heavy (non-hydrogen) atoms. The minimum absolute atomic E-state index is 0.00260. The average molecular weight is 403 g/mol. The zero-order chi connectivity index (χ0) is 20.3. The number of hydrogen-bond acceptors (Lipinski definition) is 4. The van der Waals surface area contributed by atoms with Crippen molar-refractivity contribution in [2.24, 2.45) is 11.3 Å². The number of aliphatic hydroxyl groups excluding tert-OH is 2. The molecular weight excluding hydrogens is 372 g/mol. The van der Waals surface area contributed by atoms with Crippen LogP contribution < -0.4 is 0 Å². The Kier molecular flexibility index (Phi) is 6.69. The Hall–Kier alpha value is -1.56. The Balaban J connectivity index is 1.57. The third-order valence-electron chi connectivity index (χ3n) is 6.32. The van der Waals surface area contributed by atoms with Crippen molar-refractivity contribution >= 4 is 17.7 Å². The van der Waals surface area contributed by atoms with E-state index in [1.165, 1.54) is 6.42 Å². The summed E-state index contributed by atoms with van der Waals surface area (Å²) in [6, 6.07) is 6.92. The Morgan fingerprint density at radius 2 is 2.04 bits per heavy atom. The highest BCUT2D eigenvalue weighted by atomic mass is 32.2. The lowest BCUT2D eigenvalue weighted by Gasteiger charge is -2.42. The first-order valence-electron chi connectivity index (χ1n) is 9.94. The van der Waals surface area contributed by atoms with Gasteiger partial charge >= 0.3 is 5.97 Å². The summed E-state index contributed by atoms with van der Waals surface area (Å²) in [5.74, 6) is -0.187. The molecule has 0 amide bonds. The van der Waals surface area contributed by atoms with Crippen LogP contribution in [-0.4, -0.2) is 38.7 Å². The number of carboxylic acids is 1. The summed E-state index contributed by atoms with van der Waals surface area (Å²) >= 11 is 1.73. The highest BCUT2D eigenvalue weighted by Gasteiger charge is 2.39. The molecule has 0 spiro atoms. The lowest BCUT2D eigenvalue weighted by Crippen LogP contribution is -2.38. The molecule has 1 aromatic rings. The van der Waals surface area contributed by atoms with Gasteiger partial charge in [0, 0.05) is 16.9 Å². The van der Waals surface area contributed by atoms with Gasteiger partial charge in [-0.25, -0.2) is 4.79 Å². The number of rotatable bonds is 8. The molecule has 0 aliphatic heterocycles. The Morgan fingerprint density at radius 3 is 2.61 bits per heavy atom. The molecule has 2 saturated carbocycles. The molecule has 0 saturated heterocycles. The van der Waals surface area contributed by atoms with Crippen LogP contribution in [0.5, 0.6) is 0 Å². The van der Waals surface area contributed by atoms with Crippen molar-refractivity contribution in [1.29, 1.82) is 0 Å². The van der Waals surface area contributed by atoms with E-state index in [2.05, 4.69) is 19.6 Å². The van der Waals surface area contributed by atoms with Crippen molar-refractivity contribution < 1.29 is 20.1 Å². The predicted octanol–water partition coefficient (Wildman–Crippen LogP) is 4.42. The maximum absolute atomic E-state index is 11.0. The maximum Gasteiger partial charge on any atom is 0.335 e. The summed E-state index contributed by atoms with van der Waals surface area (Å²) in [5, 5.41) is 30.0. The first kappa shape index (κ1) is 21.2. The quantitative estimate of drug-likeness (QED) is 0.561. The summed E-state index contributed by atoms with van der Waals surface area (Å²) in [7, 11) is 0. The van der Waals surface area contributed by atoms with Gasteiger partial charge in [0.25, 0.3) is 0 Å². The zero-order valence-corrected chi connectivity index (χ0v) is 17.2. The lowest BCUT2D eigenvalue weighted by atomic mass is 9.66. The smallest absolute Gasteiger partial charge is 0.335 e. The van der Waals surface area contributed by atoms with Crippen LogP contribution in [0.4, 0.5) is 0 Å². The van der Waals surface area contributed by atoms with Crippen LogP contribution in [0.3, 0.4) is 0 Å². The van der Waals surface area contributed by atoms with E-state index in [-0.39, 0.29) is 28.3 Å². The van der Waals surface area contributed by atoms with Gasteiger partial charge in [-0.15, -0.1) is 11.8 Å². The molecule has 0 bridgehead atoms. The van der Waals surface area contributed by atoms with Crippen molar-refractivity contribution in [1.82, 2.24) is 0 Å². The molecule has 5 heteroatoms. The van der Waals surface area contributed by atoms with Gasteiger partial charge in [-0.3, -0.25) is 0 Å². The van der Waals surface area contributed by atoms with E-state index in [4.69, 9.17) is 5.11 Å². The minimum atomic E-state index is -0.922. The summed E-state index contributed by atoms with van der Waals surface area (Å²) in [6.45, 7) is 6.30. The molecule has 0 aromatic heterocycles. The average Bonchev–Trinajstić information content (AvgIpc) is 2.91. The van der Waals surface area contributed by atoms with Crippen molar-refractivity contribution in [3.63, 3.8) is 0 Å². The second kappa shape index (κ2) is 8.85. The molecule has 0 heterocycles. The Bertz CT molecular complexity index is 735. The van der Waals surface area contributed by atoms with E-state index in [9.17, 15) is 15.0 Å². The summed E-state index contributed by atoms with van der Waals surface area (Å²) in [5.41, 5.74) is 2.44. The van der Waals surface area contributed by atoms with Crippen molar-refractivity contribution in [2.75, 3.05) is 0 Å². The Morgan fingerprint density at radius 1 is 1.36 bits per heavy atom. The standard InChI is InChI=1S/C23H30O4S/c1-15-13-19(24)18(5-3-6-20(25)23(2)11-4-12-23)21(15)28-14-16-7-9-17(10-8-16)22(26)27/h3,5,7-10,18-21,24-25H,1,4,6,11-14H2,2H3,(H,26,27)/b5-3+/t18-,19?,20?,21?/m0/s1. The highest BCUT2D eigenvalue weighted by molar-refractivity contribution is 7.99. The first-order chi connectivity index (χ1) is 13.3. The van der Waals surface area contributed by atoms with Crippen LogP contribution in [-0.2, 0) is 5.75 Å². The maximum atomic E-state index is 11.0. The molecule has 2 aliphatic carbocycles. The molecule has 1 aromatic carbocycles. The van der Waals surface area contributed by atoms with E-state index in [0.29, 0.717) is 12.8 Å². The van der Waals surface area contributed by atoms with Crippen LogP contribution >= 0.6 is 11.8 Å². The van der Waals surface area contributed by atoms with E-state index in [1.807, 2.05) is 18.2 Å². The monoisotopic (exact) mass is 402 g/mol. The topological polar surface area (TPSA) is 77.8 Å². The van der Waals surface area contributed by atoms with E-state index in [0.717, 1.165) is 29.7 Å². The summed E-state index contributed by atoms with van der Waals surface area (Å²) in [4.78, 5) is 11.0. The number of carboxylic acid groups (broad SMARTS) is 1. The number of hydrogen-bond donors (Lipinski definition) is 3. The third-order valence-corrected chi connectivity index (χ3v) is 7.82.